The zero-order valence-corrected chi connectivity index (χ0v) is 10.5. The Kier molecular flexibility index (Phi) is 4.07. The third-order valence-electron chi connectivity index (χ3n) is 4.59. The van der Waals surface area contributed by atoms with Crippen LogP contribution < -0.4 is 5.32 Å². The third kappa shape index (κ3) is 2.75. The van der Waals surface area contributed by atoms with E-state index in [1.165, 1.54) is 51.6 Å². The van der Waals surface area contributed by atoms with Crippen LogP contribution in [0.25, 0.3) is 0 Å². The van der Waals surface area contributed by atoms with Gasteiger partial charge in [-0.1, -0.05) is 39.5 Å². The molecule has 0 aromatic heterocycles. The summed E-state index contributed by atoms with van der Waals surface area (Å²) >= 11 is 0. The molecule has 1 heterocycles. The van der Waals surface area contributed by atoms with E-state index in [9.17, 15) is 0 Å². The van der Waals surface area contributed by atoms with E-state index in [2.05, 4.69) is 19.2 Å². The van der Waals surface area contributed by atoms with Gasteiger partial charge in [0.15, 0.2) is 0 Å². The minimum absolute atomic E-state index is 0.887. The molecule has 0 aromatic carbocycles. The van der Waals surface area contributed by atoms with Crippen LogP contribution in [0, 0.1) is 23.7 Å². The molecule has 2 rings (SSSR count). The van der Waals surface area contributed by atoms with Gasteiger partial charge >= 0.3 is 0 Å². The summed E-state index contributed by atoms with van der Waals surface area (Å²) < 4.78 is 0. The van der Waals surface area contributed by atoms with E-state index in [4.69, 9.17) is 0 Å². The van der Waals surface area contributed by atoms with Crippen molar-refractivity contribution in [1.82, 2.24) is 5.32 Å². The second kappa shape index (κ2) is 5.34. The molecule has 0 aromatic rings. The van der Waals surface area contributed by atoms with Crippen molar-refractivity contribution in [2.45, 2.75) is 52.4 Å². The molecule has 1 N–H and O–H groups in total. The molecule has 1 saturated carbocycles. The van der Waals surface area contributed by atoms with Gasteiger partial charge in [-0.3, -0.25) is 0 Å². The number of piperidine rings is 1. The van der Waals surface area contributed by atoms with E-state index in [1.54, 1.807) is 0 Å². The number of rotatable bonds is 3. The summed E-state index contributed by atoms with van der Waals surface area (Å²) in [6.07, 6.45) is 8.90. The maximum absolute atomic E-state index is 3.59. The van der Waals surface area contributed by atoms with Crippen molar-refractivity contribution >= 4 is 0 Å². The minimum Gasteiger partial charge on any atom is -0.316 e. The molecule has 0 spiro atoms. The Labute approximate surface area is 95.0 Å². The Balaban J connectivity index is 1.97. The van der Waals surface area contributed by atoms with Gasteiger partial charge in [-0.2, -0.15) is 0 Å². The quantitative estimate of drug-likeness (QED) is 0.750. The van der Waals surface area contributed by atoms with Crippen LogP contribution in [-0.4, -0.2) is 13.1 Å². The van der Waals surface area contributed by atoms with Gasteiger partial charge in [0.1, 0.15) is 0 Å². The Bertz CT molecular complexity index is 176. The van der Waals surface area contributed by atoms with Crippen molar-refractivity contribution in [2.75, 3.05) is 13.1 Å². The van der Waals surface area contributed by atoms with Crippen LogP contribution in [0.1, 0.15) is 52.4 Å². The van der Waals surface area contributed by atoms with Crippen LogP contribution in [0.4, 0.5) is 0 Å². The molecule has 2 fully saturated rings. The molecular weight excluding hydrogens is 182 g/mol. The zero-order valence-electron chi connectivity index (χ0n) is 10.5. The minimum atomic E-state index is 0.887. The highest BCUT2D eigenvalue weighted by atomic mass is 14.9. The maximum Gasteiger partial charge on any atom is -0.00177 e. The van der Waals surface area contributed by atoms with E-state index in [0.717, 1.165) is 23.7 Å². The van der Waals surface area contributed by atoms with Crippen molar-refractivity contribution in [3.05, 3.63) is 0 Å². The Morgan fingerprint density at radius 3 is 2.13 bits per heavy atom. The van der Waals surface area contributed by atoms with Crippen molar-refractivity contribution in [3.8, 4) is 0 Å². The van der Waals surface area contributed by atoms with Crippen molar-refractivity contribution in [3.63, 3.8) is 0 Å². The molecule has 0 radical (unpaired) electrons. The smallest absolute Gasteiger partial charge is 0.00177 e. The average Bonchev–Trinajstić information content (AvgIpc) is 2.72. The van der Waals surface area contributed by atoms with E-state index in [-0.39, 0.29) is 0 Å². The lowest BCUT2D eigenvalue weighted by Crippen LogP contribution is -2.38. The molecule has 15 heavy (non-hydrogen) atoms. The van der Waals surface area contributed by atoms with E-state index < -0.39 is 0 Å². The first-order valence-corrected chi connectivity index (χ1v) is 6.99. The lowest BCUT2D eigenvalue weighted by atomic mass is 9.71. The molecule has 1 aliphatic carbocycles. The highest BCUT2D eigenvalue weighted by molar-refractivity contribution is 4.85. The first-order chi connectivity index (χ1) is 7.29. The summed E-state index contributed by atoms with van der Waals surface area (Å²) in [6, 6.07) is 0. The monoisotopic (exact) mass is 209 g/mol. The molecule has 2 aliphatic rings. The molecule has 1 heteroatoms. The summed E-state index contributed by atoms with van der Waals surface area (Å²) in [5.74, 6) is 3.91. The summed E-state index contributed by atoms with van der Waals surface area (Å²) in [5, 5.41) is 3.59. The zero-order chi connectivity index (χ0) is 10.7. The molecule has 88 valence electrons. The van der Waals surface area contributed by atoms with Gasteiger partial charge in [0.25, 0.3) is 0 Å². The summed E-state index contributed by atoms with van der Waals surface area (Å²) in [4.78, 5) is 0. The molecule has 0 bridgehead atoms. The van der Waals surface area contributed by atoms with Crippen LogP contribution in [0.3, 0.4) is 0 Å². The van der Waals surface area contributed by atoms with Crippen LogP contribution >= 0.6 is 0 Å². The highest BCUT2D eigenvalue weighted by Crippen LogP contribution is 2.41. The SMILES string of the molecule is CC(C)C(C1CCCC1)C1CCCNC1. The normalized spacial score (nSPS) is 31.0. The Morgan fingerprint density at radius 1 is 0.933 bits per heavy atom. The highest BCUT2D eigenvalue weighted by Gasteiger charge is 2.33. The lowest BCUT2D eigenvalue weighted by molar-refractivity contribution is 0.139. The van der Waals surface area contributed by atoms with Crippen LogP contribution in [0.5, 0.6) is 0 Å². The summed E-state index contributed by atoms with van der Waals surface area (Å²) in [6.45, 7) is 7.43. The fraction of sp³-hybridized carbons (Fsp3) is 1.00. The largest absolute Gasteiger partial charge is 0.316 e. The van der Waals surface area contributed by atoms with Gasteiger partial charge in [-0.05, 0) is 49.6 Å². The van der Waals surface area contributed by atoms with E-state index in [1.807, 2.05) is 0 Å². The van der Waals surface area contributed by atoms with Crippen LogP contribution in [0.2, 0.25) is 0 Å². The van der Waals surface area contributed by atoms with Crippen molar-refractivity contribution in [2.24, 2.45) is 23.7 Å². The van der Waals surface area contributed by atoms with Crippen LogP contribution in [0.15, 0.2) is 0 Å². The summed E-state index contributed by atoms with van der Waals surface area (Å²) in [7, 11) is 0. The fourth-order valence-corrected chi connectivity index (χ4v) is 4.02. The first kappa shape index (κ1) is 11.4. The molecule has 0 amide bonds. The van der Waals surface area contributed by atoms with Gasteiger partial charge in [-0.25, -0.2) is 0 Å². The second-order valence-corrected chi connectivity index (χ2v) is 5.97. The molecule has 2 atom stereocenters. The maximum atomic E-state index is 3.59. The molecule has 2 unspecified atom stereocenters. The van der Waals surface area contributed by atoms with Crippen molar-refractivity contribution < 1.29 is 0 Å². The predicted molar refractivity (Wildman–Crippen MR) is 65.9 cm³/mol. The van der Waals surface area contributed by atoms with Crippen LogP contribution in [-0.2, 0) is 0 Å². The number of hydrogen-bond donors (Lipinski definition) is 1. The second-order valence-electron chi connectivity index (χ2n) is 5.97. The molecule has 1 saturated heterocycles. The third-order valence-corrected chi connectivity index (χ3v) is 4.59. The predicted octanol–water partition coefficient (Wildman–Crippen LogP) is 3.45. The molecular formula is C14H27N. The van der Waals surface area contributed by atoms with E-state index in [0.29, 0.717) is 0 Å². The first-order valence-electron chi connectivity index (χ1n) is 6.99. The van der Waals surface area contributed by atoms with Gasteiger partial charge in [-0.15, -0.1) is 0 Å². The lowest BCUT2D eigenvalue weighted by Gasteiger charge is -2.37. The van der Waals surface area contributed by atoms with Gasteiger partial charge < -0.3 is 5.32 Å². The topological polar surface area (TPSA) is 12.0 Å². The standard InChI is InChI=1S/C14H27N/c1-11(2)14(12-6-3-4-7-12)13-8-5-9-15-10-13/h11-15H,3-10H2,1-2H3. The number of nitrogens with one attached hydrogen (secondary N) is 1. The molecule has 1 aliphatic heterocycles. The van der Waals surface area contributed by atoms with Gasteiger partial charge in [0.2, 0.25) is 0 Å². The van der Waals surface area contributed by atoms with Gasteiger partial charge in [0, 0.05) is 0 Å². The van der Waals surface area contributed by atoms with E-state index >= 15 is 0 Å². The summed E-state index contributed by atoms with van der Waals surface area (Å²) in [5.41, 5.74) is 0. The Hall–Kier alpha value is -0.0400. The fourth-order valence-electron chi connectivity index (χ4n) is 4.02. The number of hydrogen-bond acceptors (Lipinski definition) is 1. The van der Waals surface area contributed by atoms with Gasteiger partial charge in [0.05, 0.1) is 0 Å². The average molecular weight is 209 g/mol. The van der Waals surface area contributed by atoms with Crippen molar-refractivity contribution in [1.29, 1.82) is 0 Å². The molecule has 1 nitrogen and oxygen atoms in total. The Morgan fingerprint density at radius 2 is 1.60 bits per heavy atom.